The predicted octanol–water partition coefficient (Wildman–Crippen LogP) is 5.10. The molecule has 3 rings (SSSR count). The van der Waals surface area contributed by atoms with E-state index in [1.54, 1.807) is 30.4 Å². The van der Waals surface area contributed by atoms with Crippen LogP contribution in [0.3, 0.4) is 0 Å². The molecular weight excluding hydrogens is 444 g/mol. The average molecular weight is 485 g/mol. The molecule has 1 aliphatic rings. The number of amidine groups is 1. The molecule has 0 radical (unpaired) electrons. The highest BCUT2D eigenvalue weighted by Gasteiger charge is 2.20. The minimum absolute atomic E-state index is 0.310. The Labute approximate surface area is 208 Å². The summed E-state index contributed by atoms with van der Waals surface area (Å²) in [5, 5.41) is 28.9. The molecule has 2 heterocycles. The highest BCUT2D eigenvalue weighted by atomic mass is 32.1. The lowest BCUT2D eigenvalue weighted by atomic mass is 10.1. The zero-order valence-corrected chi connectivity index (χ0v) is 21.7. The molecule has 1 aromatic carbocycles. The highest BCUT2D eigenvalue weighted by Crippen LogP contribution is 2.23. The lowest BCUT2D eigenvalue weighted by molar-refractivity contribution is 0.355. The fraction of sp³-hybridized carbons (Fsp3) is 0.407. The van der Waals surface area contributed by atoms with Crippen LogP contribution >= 0.6 is 11.3 Å². The van der Waals surface area contributed by atoms with Gasteiger partial charge in [0.15, 0.2) is 0 Å². The molecule has 34 heavy (non-hydrogen) atoms. The van der Waals surface area contributed by atoms with Crippen LogP contribution in [0.5, 0.6) is 0 Å². The third-order valence-corrected chi connectivity index (χ3v) is 6.22. The van der Waals surface area contributed by atoms with E-state index in [-0.39, 0.29) is 0 Å². The topological polar surface area (TPSA) is 92.5 Å². The number of thiazole rings is 1. The maximum atomic E-state index is 9.04. The van der Waals surface area contributed by atoms with Crippen LogP contribution in [0.1, 0.15) is 41.4 Å². The first-order chi connectivity index (χ1) is 16.5. The molecule has 186 valence electrons. The molecule has 1 atom stereocenters. The zero-order chi connectivity index (χ0) is 25.3. The lowest BCUT2D eigenvalue weighted by Gasteiger charge is -2.29. The van der Waals surface area contributed by atoms with E-state index >= 15 is 0 Å². The molecule has 1 aromatic heterocycles. The molecule has 0 saturated carbocycles. The Hall–Kier alpha value is -2.74. The number of piperazine rings is 1. The lowest BCUT2D eigenvalue weighted by Crippen LogP contribution is -2.46. The van der Waals surface area contributed by atoms with Gasteiger partial charge >= 0.3 is 0 Å². The van der Waals surface area contributed by atoms with Gasteiger partial charge in [0.25, 0.3) is 0 Å². The Bertz CT molecular complexity index is 916. The minimum Gasteiger partial charge on any atom is -0.508 e. The van der Waals surface area contributed by atoms with E-state index in [0.29, 0.717) is 17.5 Å². The molecule has 6 nitrogen and oxygen atoms in total. The minimum atomic E-state index is 0.310. The van der Waals surface area contributed by atoms with E-state index in [9.17, 15) is 0 Å². The third-order valence-electron chi connectivity index (χ3n) is 5.25. The number of rotatable bonds is 7. The van der Waals surface area contributed by atoms with Gasteiger partial charge in [-0.05, 0) is 43.9 Å². The molecule has 1 saturated heterocycles. The van der Waals surface area contributed by atoms with Gasteiger partial charge in [-0.25, -0.2) is 4.98 Å². The van der Waals surface area contributed by atoms with Gasteiger partial charge < -0.3 is 20.4 Å². The van der Waals surface area contributed by atoms with Crippen molar-refractivity contribution in [1.82, 2.24) is 15.2 Å². The fourth-order valence-corrected chi connectivity index (χ4v) is 4.26. The summed E-state index contributed by atoms with van der Waals surface area (Å²) in [5.74, 6) is 1.26. The van der Waals surface area contributed by atoms with Gasteiger partial charge in [-0.15, -0.1) is 17.9 Å². The van der Waals surface area contributed by atoms with Crippen molar-refractivity contribution in [1.29, 1.82) is 5.41 Å². The Balaban J connectivity index is 0.000000380. The van der Waals surface area contributed by atoms with Crippen molar-refractivity contribution < 1.29 is 10.2 Å². The van der Waals surface area contributed by atoms with Crippen molar-refractivity contribution in [3.63, 3.8) is 0 Å². The highest BCUT2D eigenvalue weighted by molar-refractivity contribution is 7.11. The maximum Gasteiger partial charge on any atom is 0.148 e. The van der Waals surface area contributed by atoms with Crippen molar-refractivity contribution >= 4 is 17.2 Å². The Morgan fingerprint density at radius 3 is 2.47 bits per heavy atom. The van der Waals surface area contributed by atoms with E-state index in [1.165, 1.54) is 10.4 Å². The van der Waals surface area contributed by atoms with Crippen molar-refractivity contribution in [2.75, 3.05) is 33.3 Å². The van der Waals surface area contributed by atoms with Crippen molar-refractivity contribution in [2.45, 2.75) is 33.6 Å². The summed E-state index contributed by atoms with van der Waals surface area (Å²) in [4.78, 5) is 7.93. The summed E-state index contributed by atoms with van der Waals surface area (Å²) in [6.45, 7) is 13.3. The standard InChI is InChI=1S/C16H20N4S.C10H16O.CH4O/c1-12-19-15(16(17)20-9-7-18-8-10-20)14(21-12)11-13-5-3-2-4-6-13;1-4-9(5-2)7-8-10(11)6-3;1-2/h2-6,17-18H,7-11H2,1H3;4,6-9,11H,1,5H2,2-3H3;2H,1H3/b;8-7-,10-6+;. The van der Waals surface area contributed by atoms with Gasteiger partial charge in [0, 0.05) is 44.6 Å². The smallest absolute Gasteiger partial charge is 0.148 e. The van der Waals surface area contributed by atoms with Gasteiger partial charge in [0.1, 0.15) is 17.3 Å². The van der Waals surface area contributed by atoms with E-state index in [1.807, 2.05) is 25.1 Å². The molecule has 1 fully saturated rings. The number of aromatic nitrogens is 1. The molecule has 4 N–H and O–H groups in total. The van der Waals surface area contributed by atoms with Gasteiger partial charge in [-0.3, -0.25) is 5.41 Å². The van der Waals surface area contributed by atoms with E-state index in [0.717, 1.165) is 56.8 Å². The number of hydrogen-bond acceptors (Lipinski definition) is 6. The molecule has 7 heteroatoms. The molecule has 1 aliphatic heterocycles. The van der Waals surface area contributed by atoms with Crippen LogP contribution in [-0.4, -0.2) is 59.2 Å². The molecule has 2 aromatic rings. The second kappa shape index (κ2) is 16.8. The summed E-state index contributed by atoms with van der Waals surface area (Å²) in [5.41, 5.74) is 2.14. The number of nitrogens with one attached hydrogen (secondary N) is 2. The van der Waals surface area contributed by atoms with E-state index < -0.39 is 0 Å². The number of allylic oxidation sites excluding steroid dienone is 4. The second-order valence-electron chi connectivity index (χ2n) is 7.63. The molecule has 0 bridgehead atoms. The van der Waals surface area contributed by atoms with Crippen molar-refractivity contribution in [3.05, 3.63) is 88.1 Å². The summed E-state index contributed by atoms with van der Waals surface area (Å²) in [7, 11) is 1.00. The third kappa shape index (κ3) is 10.0. The molecule has 0 amide bonds. The van der Waals surface area contributed by atoms with Crippen LogP contribution in [0.25, 0.3) is 0 Å². The van der Waals surface area contributed by atoms with Crippen LogP contribution in [0.2, 0.25) is 0 Å². The first-order valence-corrected chi connectivity index (χ1v) is 12.5. The normalized spacial score (nSPS) is 14.5. The molecule has 0 spiro atoms. The van der Waals surface area contributed by atoms with Gasteiger partial charge in [0.05, 0.1) is 5.01 Å². The van der Waals surface area contributed by atoms with Crippen LogP contribution in [-0.2, 0) is 6.42 Å². The van der Waals surface area contributed by atoms with Crippen LogP contribution in [0.4, 0.5) is 0 Å². The van der Waals surface area contributed by atoms with Crippen molar-refractivity contribution in [3.8, 4) is 0 Å². The van der Waals surface area contributed by atoms with E-state index in [2.05, 4.69) is 53.0 Å². The SMILES string of the molecule is C=CC(/C=C\C(O)=C/C)CC.CO.Cc1nc(C(=N)N2CCNCC2)c(Cc2ccccc2)s1. The quantitative estimate of drug-likeness (QED) is 0.144. The summed E-state index contributed by atoms with van der Waals surface area (Å²) in [6.07, 6.45) is 9.07. The van der Waals surface area contributed by atoms with Gasteiger partial charge in [-0.2, -0.15) is 0 Å². The van der Waals surface area contributed by atoms with Crippen LogP contribution < -0.4 is 5.32 Å². The van der Waals surface area contributed by atoms with Crippen molar-refractivity contribution in [2.24, 2.45) is 5.92 Å². The number of aryl methyl sites for hydroxylation is 1. The van der Waals surface area contributed by atoms with Crippen LogP contribution in [0, 0.1) is 18.3 Å². The Kier molecular flexibility index (Phi) is 14.5. The number of aliphatic hydroxyl groups excluding tert-OH is 2. The zero-order valence-electron chi connectivity index (χ0n) is 20.9. The first-order valence-electron chi connectivity index (χ1n) is 11.6. The summed E-state index contributed by atoms with van der Waals surface area (Å²) < 4.78 is 0. The average Bonchev–Trinajstić information content (AvgIpc) is 3.26. The number of benzene rings is 1. The Morgan fingerprint density at radius 2 is 1.91 bits per heavy atom. The summed E-state index contributed by atoms with van der Waals surface area (Å²) >= 11 is 1.71. The number of nitrogens with zero attached hydrogens (tertiary/aromatic N) is 2. The van der Waals surface area contributed by atoms with Crippen LogP contribution in [0.15, 0.2) is 67.0 Å². The van der Waals surface area contributed by atoms with Gasteiger partial charge in [-0.1, -0.05) is 49.4 Å². The van der Waals surface area contributed by atoms with Gasteiger partial charge in [0.2, 0.25) is 0 Å². The predicted molar refractivity (Wildman–Crippen MR) is 145 cm³/mol. The monoisotopic (exact) mass is 484 g/mol. The van der Waals surface area contributed by atoms with E-state index in [4.69, 9.17) is 15.6 Å². The summed E-state index contributed by atoms with van der Waals surface area (Å²) in [6, 6.07) is 10.4. The molecule has 1 unspecified atom stereocenters. The Morgan fingerprint density at radius 1 is 1.26 bits per heavy atom. The second-order valence-corrected chi connectivity index (χ2v) is 8.92. The number of hydrogen-bond donors (Lipinski definition) is 4. The maximum absolute atomic E-state index is 9.04. The fourth-order valence-electron chi connectivity index (χ4n) is 3.29. The largest absolute Gasteiger partial charge is 0.508 e. The molecule has 0 aliphatic carbocycles. The number of aliphatic hydroxyl groups is 2. The first kappa shape index (κ1) is 29.3. The molecular formula is C27H40N4O2S.